The normalized spacial score (nSPS) is 10.5. The number of rotatable bonds is 4. The molecule has 0 spiro atoms. The van der Waals surface area contributed by atoms with E-state index in [9.17, 15) is 0 Å². The molecular formula is C12H12ClN3S. The minimum absolute atomic E-state index is 0.477. The van der Waals surface area contributed by atoms with Gasteiger partial charge in [0.05, 0.1) is 5.75 Å². The number of benzene rings is 1. The first kappa shape index (κ1) is 12.4. The molecule has 0 unspecified atom stereocenters. The van der Waals surface area contributed by atoms with Gasteiger partial charge in [-0.05, 0) is 24.3 Å². The standard InChI is InChI=1S/C12H12ClN3S/c13-10-1-3-11(4-2-10)17-8-12-15-6-9(5-14)7-16-12/h1-4,6-7H,5,8,14H2. The molecule has 2 N–H and O–H groups in total. The third kappa shape index (κ3) is 3.70. The fourth-order valence-corrected chi connectivity index (χ4v) is 2.14. The second-order valence-electron chi connectivity index (χ2n) is 3.45. The van der Waals surface area contributed by atoms with Crippen LogP contribution >= 0.6 is 23.4 Å². The van der Waals surface area contributed by atoms with Crippen LogP contribution in [0.2, 0.25) is 5.02 Å². The molecule has 5 heteroatoms. The van der Waals surface area contributed by atoms with Gasteiger partial charge >= 0.3 is 0 Å². The minimum Gasteiger partial charge on any atom is -0.326 e. The molecule has 0 aliphatic heterocycles. The summed E-state index contributed by atoms with van der Waals surface area (Å²) in [5.41, 5.74) is 6.43. The molecule has 2 rings (SSSR count). The van der Waals surface area contributed by atoms with Gasteiger partial charge in [-0.1, -0.05) is 11.6 Å². The van der Waals surface area contributed by atoms with Gasteiger partial charge in [-0.3, -0.25) is 0 Å². The van der Waals surface area contributed by atoms with E-state index >= 15 is 0 Å². The van der Waals surface area contributed by atoms with Crippen molar-refractivity contribution in [1.82, 2.24) is 9.97 Å². The number of nitrogens with zero attached hydrogens (tertiary/aromatic N) is 2. The van der Waals surface area contributed by atoms with Crippen molar-refractivity contribution in [3.05, 3.63) is 53.1 Å². The lowest BCUT2D eigenvalue weighted by Gasteiger charge is -2.02. The lowest BCUT2D eigenvalue weighted by Crippen LogP contribution is -2.00. The number of nitrogens with two attached hydrogens (primary N) is 1. The highest BCUT2D eigenvalue weighted by Gasteiger charge is 1.99. The van der Waals surface area contributed by atoms with Crippen LogP contribution in [0.5, 0.6) is 0 Å². The Morgan fingerprint density at radius 2 is 1.76 bits per heavy atom. The Morgan fingerprint density at radius 3 is 2.35 bits per heavy atom. The summed E-state index contributed by atoms with van der Waals surface area (Å²) in [6, 6.07) is 7.73. The summed E-state index contributed by atoms with van der Waals surface area (Å²) in [4.78, 5) is 9.64. The highest BCUT2D eigenvalue weighted by atomic mass is 35.5. The van der Waals surface area contributed by atoms with Crippen molar-refractivity contribution in [3.63, 3.8) is 0 Å². The van der Waals surface area contributed by atoms with Crippen LogP contribution in [0.15, 0.2) is 41.6 Å². The maximum Gasteiger partial charge on any atom is 0.138 e. The Morgan fingerprint density at radius 1 is 1.12 bits per heavy atom. The van der Waals surface area contributed by atoms with Crippen molar-refractivity contribution in [2.75, 3.05) is 0 Å². The molecule has 3 nitrogen and oxygen atoms in total. The Balaban J connectivity index is 1.95. The molecule has 0 fully saturated rings. The summed E-state index contributed by atoms with van der Waals surface area (Å²) in [5, 5.41) is 0.748. The van der Waals surface area contributed by atoms with E-state index in [1.165, 1.54) is 0 Å². The SMILES string of the molecule is NCc1cnc(CSc2ccc(Cl)cc2)nc1. The molecule has 0 amide bonds. The number of thioether (sulfide) groups is 1. The highest BCUT2D eigenvalue weighted by Crippen LogP contribution is 2.22. The first-order valence-electron chi connectivity index (χ1n) is 5.16. The van der Waals surface area contributed by atoms with Gasteiger partial charge in [-0.25, -0.2) is 9.97 Å². The van der Waals surface area contributed by atoms with E-state index in [1.54, 1.807) is 24.2 Å². The van der Waals surface area contributed by atoms with Crippen molar-refractivity contribution in [1.29, 1.82) is 0 Å². The Bertz CT molecular complexity index is 470. The minimum atomic E-state index is 0.477. The average Bonchev–Trinajstić information content (AvgIpc) is 2.39. The van der Waals surface area contributed by atoms with Crippen LogP contribution in [-0.4, -0.2) is 9.97 Å². The van der Waals surface area contributed by atoms with Gasteiger partial charge in [0.25, 0.3) is 0 Å². The van der Waals surface area contributed by atoms with Crippen LogP contribution in [0, 0.1) is 0 Å². The van der Waals surface area contributed by atoms with E-state index in [0.29, 0.717) is 6.54 Å². The van der Waals surface area contributed by atoms with Gasteiger partial charge in [0.15, 0.2) is 0 Å². The lowest BCUT2D eigenvalue weighted by molar-refractivity contribution is 0.960. The van der Waals surface area contributed by atoms with E-state index in [1.807, 2.05) is 24.3 Å². The predicted octanol–water partition coefficient (Wildman–Crippen LogP) is 2.88. The molecule has 0 bridgehead atoms. The maximum absolute atomic E-state index is 5.82. The molecule has 1 aromatic heterocycles. The smallest absolute Gasteiger partial charge is 0.138 e. The molecule has 0 atom stereocenters. The molecule has 88 valence electrons. The molecule has 0 aliphatic carbocycles. The Kier molecular flexibility index (Phi) is 4.36. The van der Waals surface area contributed by atoms with Crippen LogP contribution in [-0.2, 0) is 12.3 Å². The molecule has 0 aliphatic rings. The zero-order valence-corrected chi connectivity index (χ0v) is 10.7. The topological polar surface area (TPSA) is 51.8 Å². The third-order valence-corrected chi connectivity index (χ3v) is 3.44. The van der Waals surface area contributed by atoms with Crippen LogP contribution < -0.4 is 5.73 Å². The van der Waals surface area contributed by atoms with Crippen molar-refractivity contribution < 1.29 is 0 Å². The number of hydrogen-bond acceptors (Lipinski definition) is 4. The highest BCUT2D eigenvalue weighted by molar-refractivity contribution is 7.98. The fourth-order valence-electron chi connectivity index (χ4n) is 1.24. The second-order valence-corrected chi connectivity index (χ2v) is 4.94. The zero-order chi connectivity index (χ0) is 12.1. The summed E-state index contributed by atoms with van der Waals surface area (Å²) in [6.07, 6.45) is 3.54. The van der Waals surface area contributed by atoms with Crippen LogP contribution in [0.25, 0.3) is 0 Å². The van der Waals surface area contributed by atoms with E-state index in [-0.39, 0.29) is 0 Å². The molecule has 0 saturated carbocycles. The molecule has 0 radical (unpaired) electrons. The number of halogens is 1. The van der Waals surface area contributed by atoms with E-state index in [4.69, 9.17) is 17.3 Å². The molecular weight excluding hydrogens is 254 g/mol. The van der Waals surface area contributed by atoms with Crippen molar-refractivity contribution in [3.8, 4) is 0 Å². The second kappa shape index (κ2) is 6.00. The van der Waals surface area contributed by atoms with Crippen LogP contribution in [0.1, 0.15) is 11.4 Å². The molecule has 1 aromatic carbocycles. The van der Waals surface area contributed by atoms with Crippen molar-refractivity contribution in [2.45, 2.75) is 17.2 Å². The number of hydrogen-bond donors (Lipinski definition) is 1. The average molecular weight is 266 g/mol. The number of aromatic nitrogens is 2. The van der Waals surface area contributed by atoms with Crippen molar-refractivity contribution >= 4 is 23.4 Å². The van der Waals surface area contributed by atoms with Crippen LogP contribution in [0.4, 0.5) is 0 Å². The largest absolute Gasteiger partial charge is 0.326 e. The van der Waals surface area contributed by atoms with Gasteiger partial charge in [0, 0.05) is 34.4 Å². The summed E-state index contributed by atoms with van der Waals surface area (Å²) in [6.45, 7) is 0.477. The Hall–Kier alpha value is -1.10. The monoisotopic (exact) mass is 265 g/mol. The Labute approximate surface area is 109 Å². The quantitative estimate of drug-likeness (QED) is 0.864. The van der Waals surface area contributed by atoms with Gasteiger partial charge in [0.2, 0.25) is 0 Å². The molecule has 2 aromatic rings. The van der Waals surface area contributed by atoms with Gasteiger partial charge in [0.1, 0.15) is 5.82 Å². The summed E-state index contributed by atoms with van der Waals surface area (Å²) in [5.74, 6) is 1.55. The van der Waals surface area contributed by atoms with Gasteiger partial charge in [-0.15, -0.1) is 11.8 Å². The van der Waals surface area contributed by atoms with E-state index in [0.717, 1.165) is 27.1 Å². The summed E-state index contributed by atoms with van der Waals surface area (Å²) < 4.78 is 0. The van der Waals surface area contributed by atoms with Gasteiger partial charge < -0.3 is 5.73 Å². The first-order valence-corrected chi connectivity index (χ1v) is 6.52. The zero-order valence-electron chi connectivity index (χ0n) is 9.14. The first-order chi connectivity index (χ1) is 8.28. The summed E-state index contributed by atoms with van der Waals surface area (Å²) in [7, 11) is 0. The van der Waals surface area contributed by atoms with E-state index < -0.39 is 0 Å². The predicted molar refractivity (Wildman–Crippen MR) is 70.9 cm³/mol. The van der Waals surface area contributed by atoms with E-state index in [2.05, 4.69) is 9.97 Å². The van der Waals surface area contributed by atoms with Crippen LogP contribution in [0.3, 0.4) is 0 Å². The molecule has 1 heterocycles. The molecule has 17 heavy (non-hydrogen) atoms. The maximum atomic E-state index is 5.82. The lowest BCUT2D eigenvalue weighted by atomic mass is 10.3. The van der Waals surface area contributed by atoms with Crippen molar-refractivity contribution in [2.24, 2.45) is 5.73 Å². The third-order valence-electron chi connectivity index (χ3n) is 2.18. The molecule has 0 saturated heterocycles. The summed E-state index contributed by atoms with van der Waals surface area (Å²) >= 11 is 7.50. The fraction of sp³-hybridized carbons (Fsp3) is 0.167. The van der Waals surface area contributed by atoms with Gasteiger partial charge in [-0.2, -0.15) is 0 Å².